The van der Waals surface area contributed by atoms with Gasteiger partial charge in [-0.3, -0.25) is 4.79 Å². The molecule has 0 unspecified atom stereocenters. The predicted molar refractivity (Wildman–Crippen MR) is 88.3 cm³/mol. The lowest BCUT2D eigenvalue weighted by molar-refractivity contribution is 0.0947. The second-order valence-electron chi connectivity index (χ2n) is 4.90. The molecule has 0 radical (unpaired) electrons. The molecule has 1 amide bonds. The number of halogens is 2. The van der Waals surface area contributed by atoms with Crippen molar-refractivity contribution < 1.29 is 14.3 Å². The summed E-state index contributed by atoms with van der Waals surface area (Å²) in [5.74, 6) is -0.953. The minimum Gasteiger partial charge on any atom is -0.506 e. The zero-order chi connectivity index (χ0) is 17.1. The number of benzene rings is 1. The molecule has 0 saturated heterocycles. The van der Waals surface area contributed by atoms with Crippen LogP contribution in [-0.4, -0.2) is 25.8 Å². The molecule has 122 valence electrons. The molecular formula is C16H12BrFN4O2. The number of hydrogen-bond acceptors (Lipinski definition) is 4. The van der Waals surface area contributed by atoms with Crippen LogP contribution in [0, 0.1) is 5.82 Å². The van der Waals surface area contributed by atoms with E-state index >= 15 is 0 Å². The third-order valence-corrected chi connectivity index (χ3v) is 3.91. The largest absolute Gasteiger partial charge is 0.506 e. The first-order valence-electron chi connectivity index (χ1n) is 6.96. The molecule has 0 bridgehead atoms. The average molecular weight is 391 g/mol. The van der Waals surface area contributed by atoms with Crippen LogP contribution in [0.15, 0.2) is 53.4 Å². The van der Waals surface area contributed by atoms with Crippen molar-refractivity contribution in [3.05, 3.63) is 70.3 Å². The maximum absolute atomic E-state index is 13.4. The van der Waals surface area contributed by atoms with Gasteiger partial charge in [0.2, 0.25) is 0 Å². The molecule has 0 saturated carbocycles. The highest BCUT2D eigenvalue weighted by Gasteiger charge is 2.16. The first-order chi connectivity index (χ1) is 11.6. The van der Waals surface area contributed by atoms with E-state index in [1.807, 2.05) is 0 Å². The molecule has 2 N–H and O–H groups in total. The molecular weight excluding hydrogens is 379 g/mol. The van der Waals surface area contributed by atoms with Crippen molar-refractivity contribution in [3.63, 3.8) is 0 Å². The van der Waals surface area contributed by atoms with E-state index < -0.39 is 11.7 Å². The summed E-state index contributed by atoms with van der Waals surface area (Å²) in [5, 5.41) is 16.7. The van der Waals surface area contributed by atoms with Gasteiger partial charge in [-0.15, -0.1) is 0 Å². The number of phenolic OH excluding ortho intramolecular Hbond substituents is 1. The lowest BCUT2D eigenvalue weighted by atomic mass is 10.1. The molecule has 0 aliphatic carbocycles. The highest BCUT2D eigenvalue weighted by atomic mass is 79.9. The van der Waals surface area contributed by atoms with Gasteiger partial charge in [0.15, 0.2) is 5.82 Å². The van der Waals surface area contributed by atoms with E-state index in [9.17, 15) is 14.3 Å². The van der Waals surface area contributed by atoms with Crippen molar-refractivity contribution in [3.8, 4) is 11.6 Å². The number of nitrogens with one attached hydrogen (secondary N) is 1. The molecule has 0 atom stereocenters. The highest BCUT2D eigenvalue weighted by molar-refractivity contribution is 9.10. The van der Waals surface area contributed by atoms with E-state index in [1.165, 1.54) is 0 Å². The van der Waals surface area contributed by atoms with Gasteiger partial charge in [-0.1, -0.05) is 6.07 Å². The van der Waals surface area contributed by atoms with E-state index in [0.29, 0.717) is 5.82 Å². The minimum atomic E-state index is -0.622. The van der Waals surface area contributed by atoms with Gasteiger partial charge < -0.3 is 10.4 Å². The van der Waals surface area contributed by atoms with Crippen LogP contribution in [0.1, 0.15) is 15.9 Å². The van der Waals surface area contributed by atoms with Crippen LogP contribution in [0.5, 0.6) is 5.75 Å². The zero-order valence-electron chi connectivity index (χ0n) is 12.3. The van der Waals surface area contributed by atoms with Gasteiger partial charge in [-0.05, 0) is 40.2 Å². The number of nitrogens with zero attached hydrogens (tertiary/aromatic N) is 3. The van der Waals surface area contributed by atoms with Crippen LogP contribution in [-0.2, 0) is 6.54 Å². The van der Waals surface area contributed by atoms with Gasteiger partial charge in [0, 0.05) is 30.7 Å². The molecule has 24 heavy (non-hydrogen) atoms. The fraction of sp³-hybridized carbons (Fsp3) is 0.0625. The Bertz CT molecular complexity index is 884. The van der Waals surface area contributed by atoms with E-state index in [-0.39, 0.29) is 22.3 Å². The third-order valence-electron chi connectivity index (χ3n) is 3.30. The summed E-state index contributed by atoms with van der Waals surface area (Å²) in [6.45, 7) is 0.148. The van der Waals surface area contributed by atoms with Crippen molar-refractivity contribution in [2.45, 2.75) is 6.54 Å². The molecule has 0 aliphatic rings. The van der Waals surface area contributed by atoms with Gasteiger partial charge >= 0.3 is 0 Å². The lowest BCUT2D eigenvalue weighted by Crippen LogP contribution is -2.24. The first-order valence-corrected chi connectivity index (χ1v) is 7.75. The minimum absolute atomic E-state index is 0.117. The van der Waals surface area contributed by atoms with Crippen LogP contribution in [0.4, 0.5) is 4.39 Å². The summed E-state index contributed by atoms with van der Waals surface area (Å²) < 4.78 is 15.1. The van der Waals surface area contributed by atoms with Crippen molar-refractivity contribution in [2.24, 2.45) is 0 Å². The molecule has 3 rings (SSSR count). The van der Waals surface area contributed by atoms with E-state index in [1.54, 1.807) is 41.5 Å². The summed E-state index contributed by atoms with van der Waals surface area (Å²) in [7, 11) is 0. The number of rotatable bonds is 4. The van der Waals surface area contributed by atoms with Crippen molar-refractivity contribution in [1.29, 1.82) is 0 Å². The summed E-state index contributed by atoms with van der Waals surface area (Å²) in [4.78, 5) is 16.5. The topological polar surface area (TPSA) is 80.0 Å². The SMILES string of the molecule is O=C(NCc1cccnc1-n1cccn1)c1cc(F)cc(Br)c1O. The number of pyridine rings is 1. The Morgan fingerprint density at radius 1 is 1.33 bits per heavy atom. The maximum atomic E-state index is 13.4. The van der Waals surface area contributed by atoms with Crippen molar-refractivity contribution in [2.75, 3.05) is 0 Å². The summed E-state index contributed by atoms with van der Waals surface area (Å²) >= 11 is 3.01. The molecule has 2 heterocycles. The summed E-state index contributed by atoms with van der Waals surface area (Å²) in [6.07, 6.45) is 4.99. The number of hydrogen-bond donors (Lipinski definition) is 2. The van der Waals surface area contributed by atoms with Crippen molar-refractivity contribution in [1.82, 2.24) is 20.1 Å². The number of aromatic nitrogens is 3. The fourth-order valence-corrected chi connectivity index (χ4v) is 2.61. The second-order valence-corrected chi connectivity index (χ2v) is 5.76. The van der Waals surface area contributed by atoms with E-state index in [0.717, 1.165) is 17.7 Å². The van der Waals surface area contributed by atoms with Crippen LogP contribution >= 0.6 is 15.9 Å². The Labute approximate surface area is 145 Å². The Morgan fingerprint density at radius 3 is 2.92 bits per heavy atom. The highest BCUT2D eigenvalue weighted by Crippen LogP contribution is 2.29. The zero-order valence-corrected chi connectivity index (χ0v) is 13.9. The summed E-state index contributed by atoms with van der Waals surface area (Å²) in [6, 6.07) is 7.37. The predicted octanol–water partition coefficient (Wildman–Crippen LogP) is 2.80. The third kappa shape index (κ3) is 3.28. The molecule has 3 aromatic rings. The molecule has 6 nitrogen and oxygen atoms in total. The van der Waals surface area contributed by atoms with Crippen LogP contribution in [0.3, 0.4) is 0 Å². The molecule has 1 aromatic carbocycles. The number of aromatic hydroxyl groups is 1. The van der Waals surface area contributed by atoms with E-state index in [4.69, 9.17) is 0 Å². The fourth-order valence-electron chi connectivity index (χ4n) is 2.18. The van der Waals surface area contributed by atoms with Crippen LogP contribution < -0.4 is 5.32 Å². The molecule has 0 fully saturated rings. The number of carbonyl (C=O) groups excluding carboxylic acids is 1. The Morgan fingerprint density at radius 2 is 2.17 bits per heavy atom. The number of amides is 1. The Kier molecular flexibility index (Phi) is 4.57. The molecule has 2 aromatic heterocycles. The summed E-state index contributed by atoms with van der Waals surface area (Å²) in [5.41, 5.74) is 0.580. The first kappa shape index (κ1) is 16.1. The van der Waals surface area contributed by atoms with Crippen LogP contribution in [0.25, 0.3) is 5.82 Å². The second kappa shape index (κ2) is 6.79. The number of carbonyl (C=O) groups is 1. The van der Waals surface area contributed by atoms with Gasteiger partial charge in [-0.25, -0.2) is 14.1 Å². The lowest BCUT2D eigenvalue weighted by Gasteiger charge is -2.11. The molecule has 0 aliphatic heterocycles. The average Bonchev–Trinajstić information content (AvgIpc) is 3.10. The van der Waals surface area contributed by atoms with Crippen molar-refractivity contribution >= 4 is 21.8 Å². The Hall–Kier alpha value is -2.74. The number of phenols is 1. The van der Waals surface area contributed by atoms with E-state index in [2.05, 4.69) is 31.3 Å². The maximum Gasteiger partial charge on any atom is 0.255 e. The molecule has 0 spiro atoms. The van der Waals surface area contributed by atoms with Gasteiger partial charge in [-0.2, -0.15) is 5.10 Å². The van der Waals surface area contributed by atoms with Crippen LogP contribution in [0.2, 0.25) is 0 Å². The van der Waals surface area contributed by atoms with Gasteiger partial charge in [0.05, 0.1) is 10.0 Å². The molecule has 8 heteroatoms. The van der Waals surface area contributed by atoms with Gasteiger partial charge in [0.25, 0.3) is 5.91 Å². The standard InChI is InChI=1S/C16H12BrFN4O2/c17-13-8-11(18)7-12(14(13)23)16(24)20-9-10-3-1-4-19-15(10)22-6-2-5-21-22/h1-8,23H,9H2,(H,20,24). The quantitative estimate of drug-likeness (QED) is 0.717. The monoisotopic (exact) mass is 390 g/mol. The van der Waals surface area contributed by atoms with Gasteiger partial charge in [0.1, 0.15) is 11.6 Å². The smallest absolute Gasteiger partial charge is 0.255 e. The Balaban J connectivity index is 1.81. The normalized spacial score (nSPS) is 10.6.